The molecule has 0 spiro atoms. The quantitative estimate of drug-likeness (QED) is 0.781. The van der Waals surface area contributed by atoms with E-state index in [2.05, 4.69) is 9.36 Å². The van der Waals surface area contributed by atoms with Crippen molar-refractivity contribution in [1.82, 2.24) is 9.36 Å². The standard InChI is InChI=1S/C9H4ClF3N2S/c10-8-14-7(15-16-8)5-1-3-6(4-2-5)9(11,12)13/h1-4H. The molecule has 1 aromatic heterocycles. The van der Waals surface area contributed by atoms with E-state index in [1.807, 2.05) is 0 Å². The van der Waals surface area contributed by atoms with E-state index in [1.165, 1.54) is 12.1 Å². The summed E-state index contributed by atoms with van der Waals surface area (Å²) < 4.78 is 41.0. The molecule has 7 heteroatoms. The van der Waals surface area contributed by atoms with Gasteiger partial charge in [-0.2, -0.15) is 17.5 Å². The molecule has 0 aliphatic carbocycles. The predicted octanol–water partition coefficient (Wildman–Crippen LogP) is 3.88. The highest BCUT2D eigenvalue weighted by Gasteiger charge is 2.30. The first-order valence-electron chi connectivity index (χ1n) is 4.13. The van der Waals surface area contributed by atoms with E-state index in [1.54, 1.807) is 0 Å². The minimum Gasteiger partial charge on any atom is -0.203 e. The molecule has 2 rings (SSSR count). The Balaban J connectivity index is 2.33. The summed E-state index contributed by atoms with van der Waals surface area (Å²) in [6.45, 7) is 0. The van der Waals surface area contributed by atoms with Crippen LogP contribution in [0, 0.1) is 0 Å². The van der Waals surface area contributed by atoms with E-state index >= 15 is 0 Å². The highest BCUT2D eigenvalue weighted by atomic mass is 35.5. The summed E-state index contributed by atoms with van der Waals surface area (Å²) in [5, 5.41) is 0. The Kier molecular flexibility index (Phi) is 2.86. The molecular weight excluding hydrogens is 261 g/mol. The van der Waals surface area contributed by atoms with Crippen molar-refractivity contribution in [3.05, 3.63) is 34.3 Å². The summed E-state index contributed by atoms with van der Waals surface area (Å²) in [6, 6.07) is 4.62. The molecule has 0 bridgehead atoms. The van der Waals surface area contributed by atoms with Gasteiger partial charge in [0.15, 0.2) is 5.82 Å². The van der Waals surface area contributed by atoms with Crippen LogP contribution in [0.5, 0.6) is 0 Å². The number of hydrogen-bond donors (Lipinski definition) is 0. The first-order valence-corrected chi connectivity index (χ1v) is 5.29. The van der Waals surface area contributed by atoms with Crippen LogP contribution in [0.15, 0.2) is 24.3 Å². The zero-order valence-corrected chi connectivity index (χ0v) is 9.20. The third kappa shape index (κ3) is 2.33. The van der Waals surface area contributed by atoms with Crippen molar-refractivity contribution in [2.45, 2.75) is 6.18 Å². The Hall–Kier alpha value is -1.14. The first kappa shape index (κ1) is 11.3. The van der Waals surface area contributed by atoms with Crippen molar-refractivity contribution in [2.75, 3.05) is 0 Å². The molecule has 16 heavy (non-hydrogen) atoms. The molecule has 0 fully saturated rings. The number of hydrogen-bond acceptors (Lipinski definition) is 3. The molecule has 1 aromatic carbocycles. The summed E-state index contributed by atoms with van der Waals surface area (Å²) in [7, 11) is 0. The van der Waals surface area contributed by atoms with Gasteiger partial charge in [-0.05, 0) is 35.3 Å². The van der Waals surface area contributed by atoms with Gasteiger partial charge in [0.25, 0.3) is 0 Å². The molecule has 0 saturated heterocycles. The molecule has 0 aliphatic heterocycles. The van der Waals surface area contributed by atoms with E-state index in [0.717, 1.165) is 23.7 Å². The van der Waals surface area contributed by atoms with Crippen molar-refractivity contribution >= 4 is 23.1 Å². The fourth-order valence-corrected chi connectivity index (χ4v) is 1.75. The maximum Gasteiger partial charge on any atom is 0.416 e. The lowest BCUT2D eigenvalue weighted by atomic mass is 10.1. The largest absolute Gasteiger partial charge is 0.416 e. The molecule has 1 heterocycles. The van der Waals surface area contributed by atoms with Crippen LogP contribution in [0.1, 0.15) is 5.56 Å². The summed E-state index contributed by atoms with van der Waals surface area (Å²) in [5.41, 5.74) is -0.186. The fourth-order valence-electron chi connectivity index (χ4n) is 1.13. The third-order valence-electron chi connectivity index (χ3n) is 1.87. The van der Waals surface area contributed by atoms with Crippen LogP contribution < -0.4 is 0 Å². The number of benzene rings is 1. The SMILES string of the molecule is FC(F)(F)c1ccc(-c2nsc(Cl)n2)cc1. The average Bonchev–Trinajstić information content (AvgIpc) is 2.64. The molecule has 0 radical (unpaired) electrons. The molecular formula is C9H4ClF3N2S. The Bertz CT molecular complexity index is 492. The van der Waals surface area contributed by atoms with Crippen LogP contribution in [0.2, 0.25) is 4.47 Å². The normalized spacial score (nSPS) is 11.8. The van der Waals surface area contributed by atoms with Gasteiger partial charge >= 0.3 is 6.18 Å². The predicted molar refractivity (Wildman–Crippen MR) is 55.4 cm³/mol. The molecule has 0 saturated carbocycles. The van der Waals surface area contributed by atoms with Crippen LogP contribution >= 0.6 is 23.1 Å². The van der Waals surface area contributed by atoms with E-state index in [9.17, 15) is 13.2 Å². The maximum atomic E-state index is 12.3. The molecule has 2 aromatic rings. The molecule has 0 N–H and O–H groups in total. The molecule has 0 unspecified atom stereocenters. The van der Waals surface area contributed by atoms with Gasteiger partial charge in [-0.15, -0.1) is 0 Å². The highest BCUT2D eigenvalue weighted by Crippen LogP contribution is 2.30. The number of alkyl halides is 3. The second-order valence-corrected chi connectivity index (χ2v) is 4.28. The van der Waals surface area contributed by atoms with Crippen molar-refractivity contribution in [3.8, 4) is 11.4 Å². The van der Waals surface area contributed by atoms with Gasteiger partial charge in [0.05, 0.1) is 5.56 Å². The lowest BCUT2D eigenvalue weighted by Gasteiger charge is -2.05. The second-order valence-electron chi connectivity index (χ2n) is 2.95. The van der Waals surface area contributed by atoms with Crippen molar-refractivity contribution in [3.63, 3.8) is 0 Å². The molecule has 2 nitrogen and oxygen atoms in total. The zero-order chi connectivity index (χ0) is 11.8. The van der Waals surface area contributed by atoms with Gasteiger partial charge in [0.1, 0.15) is 0 Å². The number of nitrogens with zero attached hydrogens (tertiary/aromatic N) is 2. The third-order valence-corrected chi connectivity index (χ3v) is 2.67. The molecule has 0 amide bonds. The second kappa shape index (κ2) is 4.03. The summed E-state index contributed by atoms with van der Waals surface area (Å²) in [5.74, 6) is 0.337. The van der Waals surface area contributed by atoms with Gasteiger partial charge in [-0.3, -0.25) is 0 Å². The Morgan fingerprint density at radius 2 is 1.75 bits per heavy atom. The monoisotopic (exact) mass is 264 g/mol. The number of aromatic nitrogens is 2. The first-order chi connectivity index (χ1) is 7.47. The van der Waals surface area contributed by atoms with Crippen LogP contribution in [0.3, 0.4) is 0 Å². The van der Waals surface area contributed by atoms with Gasteiger partial charge in [-0.25, -0.2) is 4.98 Å². The van der Waals surface area contributed by atoms with Crippen molar-refractivity contribution < 1.29 is 13.2 Å². The van der Waals surface area contributed by atoms with E-state index in [-0.39, 0.29) is 4.47 Å². The average molecular weight is 265 g/mol. The van der Waals surface area contributed by atoms with Crippen LogP contribution in [0.4, 0.5) is 13.2 Å². The Morgan fingerprint density at radius 3 is 2.19 bits per heavy atom. The summed E-state index contributed by atoms with van der Waals surface area (Å²) in [6.07, 6.45) is -4.33. The van der Waals surface area contributed by atoms with Crippen LogP contribution in [-0.2, 0) is 6.18 Å². The van der Waals surface area contributed by atoms with Crippen molar-refractivity contribution in [1.29, 1.82) is 0 Å². The fraction of sp³-hybridized carbons (Fsp3) is 0.111. The molecule has 84 valence electrons. The Labute approximate surface area is 97.9 Å². The minimum absolute atomic E-state index is 0.259. The molecule has 0 atom stereocenters. The topological polar surface area (TPSA) is 25.8 Å². The van der Waals surface area contributed by atoms with Crippen molar-refractivity contribution in [2.24, 2.45) is 0 Å². The van der Waals surface area contributed by atoms with E-state index in [4.69, 9.17) is 11.6 Å². The van der Waals surface area contributed by atoms with Crippen LogP contribution in [0.25, 0.3) is 11.4 Å². The maximum absolute atomic E-state index is 12.3. The van der Waals surface area contributed by atoms with Crippen LogP contribution in [-0.4, -0.2) is 9.36 Å². The van der Waals surface area contributed by atoms with E-state index in [0.29, 0.717) is 11.4 Å². The smallest absolute Gasteiger partial charge is 0.203 e. The highest BCUT2D eigenvalue weighted by molar-refractivity contribution is 7.10. The van der Waals surface area contributed by atoms with Gasteiger partial charge in [0.2, 0.25) is 4.47 Å². The minimum atomic E-state index is -4.33. The lowest BCUT2D eigenvalue weighted by Crippen LogP contribution is -2.04. The van der Waals surface area contributed by atoms with E-state index < -0.39 is 11.7 Å². The summed E-state index contributed by atoms with van der Waals surface area (Å²) >= 11 is 6.57. The number of halogens is 4. The van der Waals surface area contributed by atoms with Gasteiger partial charge in [-0.1, -0.05) is 12.1 Å². The molecule has 0 aliphatic rings. The summed E-state index contributed by atoms with van der Waals surface area (Å²) in [4.78, 5) is 3.86. The Morgan fingerprint density at radius 1 is 1.12 bits per heavy atom. The lowest BCUT2D eigenvalue weighted by molar-refractivity contribution is -0.137. The zero-order valence-electron chi connectivity index (χ0n) is 7.62. The number of rotatable bonds is 1. The van der Waals surface area contributed by atoms with Gasteiger partial charge < -0.3 is 0 Å². The van der Waals surface area contributed by atoms with Gasteiger partial charge in [0, 0.05) is 5.56 Å².